The first-order chi connectivity index (χ1) is 61.8. The summed E-state index contributed by atoms with van der Waals surface area (Å²) < 4.78 is 37.8. The number of aromatic hydroxyl groups is 7. The molecule has 0 bridgehead atoms. The van der Waals surface area contributed by atoms with Gasteiger partial charge in [-0.25, -0.2) is 0 Å². The Balaban J connectivity index is 0.000000209. The highest BCUT2D eigenvalue weighted by atomic mass is 16.4. The van der Waals surface area contributed by atoms with Crippen LogP contribution in [0.4, 0.5) is 0 Å². The van der Waals surface area contributed by atoms with Gasteiger partial charge in [0.25, 0.3) is 0 Å². The fourth-order valence-electron chi connectivity index (χ4n) is 13.1. The molecule has 0 atom stereocenters. The first-order valence-electron chi connectivity index (χ1n) is 38.5. The first kappa shape index (κ1) is 100. The number of Topliss-reactive ketones (excluding diaryl/α,β-unsaturated/α-hetero) is 2. The number of phenols is 7. The number of phenolic OH excluding ortho intramolecular Hbond substituents is 7. The molecule has 0 spiro atoms. The molecule has 14 aromatic rings. The molecule has 0 aliphatic heterocycles. The Morgan fingerprint density at radius 1 is 0.344 bits per heavy atom. The van der Waals surface area contributed by atoms with Gasteiger partial charge in [0.05, 0.1) is 111 Å². The predicted octanol–water partition coefficient (Wildman–Crippen LogP) is 20.9. The molecule has 0 radical (unpaired) electrons. The molecule has 14 rings (SSSR count). The Kier molecular flexibility index (Phi) is 32.8. The Bertz CT molecular complexity index is 7650. The smallest absolute Gasteiger partial charge is 0.200 e. The standard InChI is InChI=1S/2C16H14O4.C15H12O3.2C14H12O4.2C14H10O4.CH4/c1-5-10-13(6-2)20-16-8(3)14(18)11(9(4)17)7-12(16)15(10)19;1-5-10-15(19)11(9(4)17)7-12-14(18)8(3)13(6-2)20-16(10)12;1-4-9-7-12-14(17)10(5-2)8-18-15(12)11(6-3)13(9)16;1-4-10-13(17)9(6-15)5-11-12(16)7(2)8(3)18-14(10)11;1-3-4-10(15)12-11(16)6-5-9-13(17)8(2)7-18-14(9)12;1-3-8-5-10-13(17)9(4-2)7-18-14(10)11(6-15)12(8)16;1-3-8-13(17)9(11(15)4-2)7-10-12(16)5-6-18-14(8)10;/h5-7,18H,1-2H2,3-4H3;5-7,19H,1-2H2,3-4H3;4-8,16H,1-3H2;4-6,17H,1H2,2-3H3;3-7,16H,1-2H3;3-7,16H,1-2H2;3-7,17H,1-2H2;1H4/b;;;;4-3+;;;. The van der Waals surface area contributed by atoms with Gasteiger partial charge in [0.2, 0.25) is 5.43 Å². The third kappa shape index (κ3) is 19.7. The molecule has 0 aliphatic carbocycles. The summed E-state index contributed by atoms with van der Waals surface area (Å²) in [6.45, 7) is 55.1. The second-order valence-corrected chi connectivity index (χ2v) is 27.9. The lowest BCUT2D eigenvalue weighted by Gasteiger charge is -2.10. The minimum atomic E-state index is -0.472. The lowest BCUT2D eigenvalue weighted by atomic mass is 10.00. The highest BCUT2D eigenvalue weighted by Gasteiger charge is 2.26. The van der Waals surface area contributed by atoms with Crippen molar-refractivity contribution in [2.24, 2.45) is 0 Å². The topological polar surface area (TPSA) is 455 Å². The van der Waals surface area contributed by atoms with E-state index in [1.165, 1.54) is 160 Å². The zero-order chi connectivity index (χ0) is 96.6. The molecule has 0 fully saturated rings. The summed E-state index contributed by atoms with van der Waals surface area (Å²) in [6.07, 6.45) is 25.3. The summed E-state index contributed by atoms with van der Waals surface area (Å²) in [6, 6.07) is 12.3. The van der Waals surface area contributed by atoms with E-state index in [1.807, 2.05) is 0 Å². The number of aldehydes is 2. The first-order valence-corrected chi connectivity index (χ1v) is 38.5. The number of fused-ring (bicyclic) bond motifs is 7. The maximum atomic E-state index is 12.4. The molecule has 7 aromatic carbocycles. The minimum absolute atomic E-state index is 0. The highest BCUT2D eigenvalue weighted by Crippen LogP contribution is 2.39. The van der Waals surface area contributed by atoms with Crippen LogP contribution in [0, 0.1) is 34.6 Å². The molecule has 0 saturated heterocycles. The number of allylic oxidation sites excluding steroid dienone is 3. The third-order valence-electron chi connectivity index (χ3n) is 20.2. The number of carbonyl (C=O) groups is 6. The lowest BCUT2D eigenvalue weighted by Crippen LogP contribution is -2.09. The van der Waals surface area contributed by atoms with E-state index in [1.54, 1.807) is 53.7 Å². The van der Waals surface area contributed by atoms with Gasteiger partial charge in [-0.1, -0.05) is 147 Å². The summed E-state index contributed by atoms with van der Waals surface area (Å²) in [4.78, 5) is 153. The van der Waals surface area contributed by atoms with Gasteiger partial charge in [-0.2, -0.15) is 0 Å². The minimum Gasteiger partial charge on any atom is -0.507 e. The molecule has 0 aliphatic rings. The highest BCUT2D eigenvalue weighted by molar-refractivity contribution is 6.14. The number of rotatable bonds is 19. The number of aryl methyl sites for hydroxylation is 3. The fourth-order valence-corrected chi connectivity index (χ4v) is 13.1. The van der Waals surface area contributed by atoms with E-state index in [0.29, 0.717) is 90.5 Å². The second-order valence-electron chi connectivity index (χ2n) is 27.9. The van der Waals surface area contributed by atoms with Gasteiger partial charge in [0.1, 0.15) is 109 Å². The Labute approximate surface area is 745 Å². The molecule has 7 N–H and O–H groups in total. The third-order valence-corrected chi connectivity index (χ3v) is 20.2. The van der Waals surface area contributed by atoms with E-state index in [-0.39, 0.29) is 219 Å². The molecule has 0 saturated carbocycles. The molecule has 27 nitrogen and oxygen atoms in total. The molecule has 0 amide bonds. The van der Waals surface area contributed by atoms with E-state index >= 15 is 0 Å². The van der Waals surface area contributed by atoms with Crippen molar-refractivity contribution in [1.29, 1.82) is 0 Å². The van der Waals surface area contributed by atoms with Crippen LogP contribution in [0.3, 0.4) is 0 Å². The van der Waals surface area contributed by atoms with Crippen molar-refractivity contribution in [2.45, 2.75) is 62.8 Å². The summed E-state index contributed by atoms with van der Waals surface area (Å²) >= 11 is 0. The number of hydrogen-bond donors (Lipinski definition) is 7. The molecule has 131 heavy (non-hydrogen) atoms. The van der Waals surface area contributed by atoms with Crippen molar-refractivity contribution in [1.82, 2.24) is 0 Å². The quantitative estimate of drug-likeness (QED) is 0.0225. The van der Waals surface area contributed by atoms with E-state index in [9.17, 15) is 98.1 Å². The van der Waals surface area contributed by atoms with Gasteiger partial charge in [0, 0.05) is 39.4 Å². The van der Waals surface area contributed by atoms with Crippen LogP contribution in [0.1, 0.15) is 180 Å². The molecule has 27 heteroatoms. The molecular formula is C104H88O27. The van der Waals surface area contributed by atoms with Crippen LogP contribution < -0.4 is 38.0 Å². The van der Waals surface area contributed by atoms with Crippen molar-refractivity contribution >= 4 is 179 Å². The Morgan fingerprint density at radius 2 is 0.763 bits per heavy atom. The van der Waals surface area contributed by atoms with Gasteiger partial charge in [0.15, 0.2) is 79.4 Å². The van der Waals surface area contributed by atoms with Gasteiger partial charge < -0.3 is 66.7 Å². The average molecular weight is 1770 g/mol. The van der Waals surface area contributed by atoms with Crippen LogP contribution >= 0.6 is 0 Å². The van der Waals surface area contributed by atoms with Crippen LogP contribution in [0.2, 0.25) is 0 Å². The normalized spacial score (nSPS) is 10.4. The average Bonchev–Trinajstić information content (AvgIpc) is 0.753. The SMILES string of the molecule is C.C/C=C/C(=O)c1c(O)ccc2c(=O)c(C)coc12.C=CC(=O)c1cc2c(=O)ccoc2c(C=C)c1O.C=Cc1c(O)c(C=O)cc2c(=O)c(C)c(C)oc12.C=Cc1cc2c(=O)c(C=C)coc2c(C=C)c1O.C=Cc1cc2c(=O)c(C=C)coc2c(C=O)c1O.C=Cc1oc2c(C)c(O)c(C(C)=O)cc2c(=O)c1C=C.C=Cc1oc2c(C=C)c(O)c(C(C)=O)cc2c(=O)c1C. The van der Waals surface area contributed by atoms with Crippen molar-refractivity contribution in [3.63, 3.8) is 0 Å². The predicted molar refractivity (Wildman–Crippen MR) is 515 cm³/mol. The monoisotopic (exact) mass is 1770 g/mol. The zero-order valence-corrected chi connectivity index (χ0v) is 71.5. The van der Waals surface area contributed by atoms with Crippen molar-refractivity contribution in [2.75, 3.05) is 0 Å². The summed E-state index contributed by atoms with van der Waals surface area (Å²) in [5.41, 5.74) is 4.31. The molecule has 7 heterocycles. The second kappa shape index (κ2) is 42.8. The van der Waals surface area contributed by atoms with E-state index < -0.39 is 11.6 Å². The maximum Gasteiger partial charge on any atom is 0.200 e. The lowest BCUT2D eigenvalue weighted by molar-refractivity contribution is 0.100. The summed E-state index contributed by atoms with van der Waals surface area (Å²) in [5.74, 6) is -1.76. The van der Waals surface area contributed by atoms with E-state index in [4.69, 9.17) is 30.9 Å². The largest absolute Gasteiger partial charge is 0.507 e. The Hall–Kier alpha value is -17.8. The van der Waals surface area contributed by atoms with Gasteiger partial charge >= 0.3 is 0 Å². The number of ketones is 4. The maximum absolute atomic E-state index is 12.4. The van der Waals surface area contributed by atoms with Crippen LogP contribution in [0.25, 0.3) is 144 Å². The van der Waals surface area contributed by atoms with Crippen LogP contribution in [-0.2, 0) is 0 Å². The number of benzene rings is 7. The van der Waals surface area contributed by atoms with Crippen LogP contribution in [-0.4, -0.2) is 71.5 Å². The number of hydrogen-bond acceptors (Lipinski definition) is 27. The number of carbonyl (C=O) groups excluding carboxylic acids is 6. The van der Waals surface area contributed by atoms with Crippen molar-refractivity contribution in [3.05, 3.63) is 371 Å². The summed E-state index contributed by atoms with van der Waals surface area (Å²) in [5, 5.41) is 71.4. The molecule has 666 valence electrons. The van der Waals surface area contributed by atoms with Gasteiger partial charge in [-0.15, -0.1) is 0 Å². The van der Waals surface area contributed by atoms with E-state index in [2.05, 4.69) is 78.9 Å². The summed E-state index contributed by atoms with van der Waals surface area (Å²) in [7, 11) is 0. The van der Waals surface area contributed by atoms with Gasteiger partial charge in [-0.3, -0.25) is 62.3 Å². The van der Waals surface area contributed by atoms with Crippen LogP contribution in [0.5, 0.6) is 40.2 Å². The van der Waals surface area contributed by atoms with E-state index in [0.717, 1.165) is 6.08 Å². The van der Waals surface area contributed by atoms with Gasteiger partial charge in [-0.05, 0) is 128 Å². The zero-order valence-electron chi connectivity index (χ0n) is 71.5. The molecular weight excluding hydrogens is 1680 g/mol. The molecule has 0 unspecified atom stereocenters. The van der Waals surface area contributed by atoms with Crippen LogP contribution in [0.15, 0.2) is 241 Å². The molecule has 7 aromatic heterocycles. The van der Waals surface area contributed by atoms with Crippen molar-refractivity contribution < 1.29 is 95.4 Å². The fraction of sp³-hybridized carbons (Fsp3) is 0.0865. The van der Waals surface area contributed by atoms with Crippen molar-refractivity contribution in [3.8, 4) is 40.2 Å². The Morgan fingerprint density at radius 3 is 1.26 bits per heavy atom.